The van der Waals surface area contributed by atoms with Gasteiger partial charge in [0.1, 0.15) is 24.2 Å². The summed E-state index contributed by atoms with van der Waals surface area (Å²) < 4.78 is 56.9. The number of nitrogens with one attached hydrogen (secondary N) is 1. The Kier molecular flexibility index (Phi) is 11.0. The molecule has 0 aliphatic heterocycles. The van der Waals surface area contributed by atoms with Gasteiger partial charge in [0.2, 0.25) is 11.8 Å². The maximum absolute atomic E-state index is 14.8. The van der Waals surface area contributed by atoms with E-state index in [4.69, 9.17) is 0 Å². The van der Waals surface area contributed by atoms with Crippen molar-refractivity contribution in [2.45, 2.75) is 45.3 Å². The second-order valence-electron chi connectivity index (χ2n) is 9.91. The van der Waals surface area contributed by atoms with Crippen molar-refractivity contribution in [1.82, 2.24) is 14.5 Å². The van der Waals surface area contributed by atoms with E-state index in [1.165, 1.54) is 49.3 Å². The minimum atomic E-state index is -4.22. The van der Waals surface area contributed by atoms with Crippen molar-refractivity contribution in [2.75, 3.05) is 24.9 Å². The smallest absolute Gasteiger partial charge is 0.304 e. The van der Waals surface area contributed by atoms with Crippen LogP contribution < -0.4 is 9.62 Å². The van der Waals surface area contributed by atoms with Crippen LogP contribution in [0.5, 0.6) is 0 Å². The summed E-state index contributed by atoms with van der Waals surface area (Å²) in [6.07, 6.45) is 0.755. The lowest BCUT2D eigenvalue weighted by Crippen LogP contribution is -2.55. The maximum Gasteiger partial charge on any atom is 0.304 e. The van der Waals surface area contributed by atoms with Crippen LogP contribution in [0.15, 0.2) is 78.9 Å². The summed E-state index contributed by atoms with van der Waals surface area (Å²) in [5.41, 5.74) is 0.987. The fourth-order valence-corrected chi connectivity index (χ4v) is 5.19. The summed E-state index contributed by atoms with van der Waals surface area (Å²) in [6.45, 7) is 2.76. The van der Waals surface area contributed by atoms with Crippen LogP contribution in [0.3, 0.4) is 0 Å². The fourth-order valence-electron chi connectivity index (χ4n) is 4.13. The van der Waals surface area contributed by atoms with Gasteiger partial charge in [-0.05, 0) is 49.2 Å². The Labute approximate surface area is 240 Å². The highest BCUT2D eigenvalue weighted by atomic mass is 32.2. The van der Waals surface area contributed by atoms with Gasteiger partial charge < -0.3 is 10.2 Å². The molecule has 0 saturated heterocycles. The molecular weight excluding hydrogens is 550 g/mol. The van der Waals surface area contributed by atoms with E-state index < -0.39 is 46.2 Å². The van der Waals surface area contributed by atoms with Crippen LogP contribution in [-0.2, 0) is 32.8 Å². The minimum Gasteiger partial charge on any atom is -0.352 e. The average Bonchev–Trinajstić information content (AvgIpc) is 2.95. The van der Waals surface area contributed by atoms with Gasteiger partial charge in [-0.25, -0.2) is 13.1 Å². The Balaban J connectivity index is 2.10. The van der Waals surface area contributed by atoms with Crippen LogP contribution in [0.2, 0.25) is 0 Å². The minimum absolute atomic E-state index is 0.0583. The highest BCUT2D eigenvalue weighted by Gasteiger charge is 2.35. The first kappa shape index (κ1) is 31.7. The van der Waals surface area contributed by atoms with E-state index >= 15 is 0 Å². The third kappa shape index (κ3) is 8.34. The van der Waals surface area contributed by atoms with Crippen LogP contribution in [0.25, 0.3) is 0 Å². The second kappa shape index (κ2) is 14.2. The number of amides is 2. The molecule has 0 bridgehead atoms. The lowest BCUT2D eigenvalue weighted by molar-refractivity contribution is -0.140. The first-order valence-electron chi connectivity index (χ1n) is 13.3. The molecule has 3 aromatic rings. The summed E-state index contributed by atoms with van der Waals surface area (Å²) in [4.78, 5) is 29.0. The molecule has 220 valence electrons. The average molecular weight is 587 g/mol. The zero-order valence-corrected chi connectivity index (χ0v) is 24.4. The van der Waals surface area contributed by atoms with Gasteiger partial charge in [-0.2, -0.15) is 12.7 Å². The third-order valence-electron chi connectivity index (χ3n) is 6.70. The van der Waals surface area contributed by atoms with Gasteiger partial charge in [0, 0.05) is 38.7 Å². The van der Waals surface area contributed by atoms with Crippen LogP contribution in [-0.4, -0.2) is 62.2 Å². The summed E-state index contributed by atoms with van der Waals surface area (Å²) in [5.74, 6) is -2.32. The largest absolute Gasteiger partial charge is 0.352 e. The Hall–Kier alpha value is -3.83. The Morgan fingerprint density at radius 1 is 0.902 bits per heavy atom. The number of benzene rings is 3. The number of halogens is 2. The molecule has 0 heterocycles. The monoisotopic (exact) mass is 586 g/mol. The number of nitrogens with zero attached hydrogens (tertiary/aromatic N) is 3. The molecule has 0 aliphatic rings. The van der Waals surface area contributed by atoms with E-state index in [-0.39, 0.29) is 30.3 Å². The van der Waals surface area contributed by atoms with Crippen molar-refractivity contribution in [3.05, 3.63) is 102 Å². The van der Waals surface area contributed by atoms with Crippen molar-refractivity contribution in [2.24, 2.45) is 0 Å². The Bertz CT molecular complexity index is 1420. The van der Waals surface area contributed by atoms with E-state index in [2.05, 4.69) is 5.32 Å². The van der Waals surface area contributed by atoms with Crippen LogP contribution in [0, 0.1) is 11.6 Å². The SMILES string of the molecule is CC[C@@H](C)NC(=O)[C@H](Cc1ccccc1)N(Cc1ccccc1F)C(=O)CN(c1ccc(F)cc1)S(=O)(=O)N(C)C. The molecular formula is C30H36F2N4O4S. The van der Waals surface area contributed by atoms with Gasteiger partial charge in [0.05, 0.1) is 5.69 Å². The van der Waals surface area contributed by atoms with E-state index in [0.717, 1.165) is 26.3 Å². The molecule has 41 heavy (non-hydrogen) atoms. The Morgan fingerprint density at radius 3 is 2.10 bits per heavy atom. The van der Waals surface area contributed by atoms with Gasteiger partial charge in [-0.1, -0.05) is 55.5 Å². The first-order valence-corrected chi connectivity index (χ1v) is 14.7. The first-order chi connectivity index (χ1) is 19.4. The maximum atomic E-state index is 14.8. The number of hydrogen-bond donors (Lipinski definition) is 1. The van der Waals surface area contributed by atoms with E-state index in [1.54, 1.807) is 6.07 Å². The molecule has 2 amide bonds. The van der Waals surface area contributed by atoms with Crippen LogP contribution in [0.4, 0.5) is 14.5 Å². The molecule has 0 radical (unpaired) electrons. The normalized spacial score (nSPS) is 13.0. The predicted octanol–water partition coefficient (Wildman–Crippen LogP) is 4.13. The van der Waals surface area contributed by atoms with Gasteiger partial charge in [0.25, 0.3) is 0 Å². The highest BCUT2D eigenvalue weighted by molar-refractivity contribution is 7.90. The van der Waals surface area contributed by atoms with Gasteiger partial charge >= 0.3 is 10.2 Å². The molecule has 0 fully saturated rings. The van der Waals surface area contributed by atoms with Crippen molar-refractivity contribution in [3.63, 3.8) is 0 Å². The summed E-state index contributed by atoms with van der Waals surface area (Å²) in [5, 5.41) is 2.92. The quantitative estimate of drug-likeness (QED) is 0.326. The van der Waals surface area contributed by atoms with Crippen LogP contribution in [0.1, 0.15) is 31.4 Å². The van der Waals surface area contributed by atoms with Crippen LogP contribution >= 0.6 is 0 Å². The molecule has 8 nitrogen and oxygen atoms in total. The Morgan fingerprint density at radius 2 is 1.51 bits per heavy atom. The molecule has 3 aromatic carbocycles. The summed E-state index contributed by atoms with van der Waals surface area (Å²) >= 11 is 0. The molecule has 11 heteroatoms. The summed E-state index contributed by atoms with van der Waals surface area (Å²) in [6, 6.07) is 18.4. The zero-order chi connectivity index (χ0) is 30.2. The van der Waals surface area contributed by atoms with E-state index in [0.29, 0.717) is 6.42 Å². The van der Waals surface area contributed by atoms with Crippen molar-refractivity contribution >= 4 is 27.7 Å². The molecule has 1 N–H and O–H groups in total. The lowest BCUT2D eigenvalue weighted by Gasteiger charge is -2.35. The van der Waals surface area contributed by atoms with Gasteiger partial charge in [-0.15, -0.1) is 0 Å². The standard InChI is InChI=1S/C30H36F2N4O4S/c1-5-22(2)33-30(38)28(19-23-11-7-6-8-12-23)35(20-24-13-9-10-14-27(24)32)29(37)21-36(41(39,40)34(3)4)26-17-15-25(31)16-18-26/h6-18,22,28H,5,19-21H2,1-4H3,(H,33,38)/t22-,28+/m1/s1. The van der Waals surface area contributed by atoms with E-state index in [1.807, 2.05) is 44.2 Å². The molecule has 0 saturated carbocycles. The summed E-state index contributed by atoms with van der Waals surface area (Å²) in [7, 11) is -1.60. The van der Waals surface area contributed by atoms with E-state index in [9.17, 15) is 26.8 Å². The third-order valence-corrected chi connectivity index (χ3v) is 8.52. The van der Waals surface area contributed by atoms with Crippen molar-refractivity contribution in [3.8, 4) is 0 Å². The predicted molar refractivity (Wildman–Crippen MR) is 155 cm³/mol. The topological polar surface area (TPSA) is 90.0 Å². The zero-order valence-electron chi connectivity index (χ0n) is 23.6. The molecule has 0 aliphatic carbocycles. The second-order valence-corrected chi connectivity index (χ2v) is 12.0. The number of rotatable bonds is 13. The molecule has 0 unspecified atom stereocenters. The number of anilines is 1. The van der Waals surface area contributed by atoms with Crippen molar-refractivity contribution in [1.29, 1.82) is 0 Å². The lowest BCUT2D eigenvalue weighted by atomic mass is 10.0. The number of carbonyl (C=O) groups excluding carboxylic acids is 2. The molecule has 0 spiro atoms. The van der Waals surface area contributed by atoms with Gasteiger partial charge in [-0.3, -0.25) is 9.59 Å². The number of carbonyl (C=O) groups is 2. The highest BCUT2D eigenvalue weighted by Crippen LogP contribution is 2.23. The molecule has 3 rings (SSSR count). The molecule has 0 aromatic heterocycles. The number of hydrogen-bond acceptors (Lipinski definition) is 4. The van der Waals surface area contributed by atoms with Gasteiger partial charge in [0.15, 0.2) is 0 Å². The fraction of sp³-hybridized carbons (Fsp3) is 0.333. The molecule has 2 atom stereocenters. The van der Waals surface area contributed by atoms with Crippen molar-refractivity contribution < 1.29 is 26.8 Å².